The van der Waals surface area contributed by atoms with Gasteiger partial charge in [-0.3, -0.25) is 0 Å². The lowest BCUT2D eigenvalue weighted by Gasteiger charge is -2.14. The summed E-state index contributed by atoms with van der Waals surface area (Å²) in [5.41, 5.74) is -4.42. The average Bonchev–Trinajstić information content (AvgIpc) is 2.28. The van der Waals surface area contributed by atoms with E-state index in [0.29, 0.717) is 0 Å². The largest absolute Gasteiger partial charge is 0.441 e. The lowest BCUT2D eigenvalue weighted by atomic mass is 10.2. The second-order valence-corrected chi connectivity index (χ2v) is 3.89. The number of ether oxygens (including phenoxy) is 1. The summed E-state index contributed by atoms with van der Waals surface area (Å²) >= 11 is -0.369. The summed E-state index contributed by atoms with van der Waals surface area (Å²) in [4.78, 5) is 0. The fourth-order valence-corrected chi connectivity index (χ4v) is 1.67. The van der Waals surface area contributed by atoms with Crippen LogP contribution in [0.3, 0.4) is 0 Å². The molecule has 1 aliphatic heterocycles. The lowest BCUT2D eigenvalue weighted by molar-refractivity contribution is -0.123. The SMILES string of the molecule is O[C@@H]1[C@H](O)[C@@H](CSC(F)(F)F)O[C@@H]1O. The van der Waals surface area contributed by atoms with Crippen molar-refractivity contribution in [3.8, 4) is 0 Å². The molecule has 1 aliphatic rings. The number of hydrogen-bond acceptors (Lipinski definition) is 5. The van der Waals surface area contributed by atoms with Gasteiger partial charge in [-0.25, -0.2) is 0 Å². The molecule has 14 heavy (non-hydrogen) atoms. The van der Waals surface area contributed by atoms with Gasteiger partial charge in [0.2, 0.25) is 0 Å². The molecule has 1 saturated heterocycles. The summed E-state index contributed by atoms with van der Waals surface area (Å²) in [5.74, 6) is -0.557. The number of halogens is 3. The zero-order valence-electron chi connectivity index (χ0n) is 6.81. The second kappa shape index (κ2) is 4.23. The van der Waals surface area contributed by atoms with Crippen LogP contribution in [0.5, 0.6) is 0 Å². The molecule has 0 aromatic carbocycles. The molecular weight excluding hydrogens is 225 g/mol. The predicted molar refractivity (Wildman–Crippen MR) is 41.4 cm³/mol. The van der Waals surface area contributed by atoms with Crippen molar-refractivity contribution < 1.29 is 33.2 Å². The number of hydrogen-bond donors (Lipinski definition) is 3. The van der Waals surface area contributed by atoms with Crippen LogP contribution in [0.2, 0.25) is 0 Å². The monoisotopic (exact) mass is 234 g/mol. The Balaban J connectivity index is 2.40. The first-order chi connectivity index (χ1) is 6.31. The van der Waals surface area contributed by atoms with Crippen molar-refractivity contribution in [1.29, 1.82) is 0 Å². The molecule has 0 aromatic heterocycles. The highest BCUT2D eigenvalue weighted by Crippen LogP contribution is 2.33. The van der Waals surface area contributed by atoms with Crippen molar-refractivity contribution in [3.05, 3.63) is 0 Å². The third kappa shape index (κ3) is 2.99. The van der Waals surface area contributed by atoms with Gasteiger partial charge >= 0.3 is 5.51 Å². The van der Waals surface area contributed by atoms with E-state index in [0.717, 1.165) is 0 Å². The van der Waals surface area contributed by atoms with Crippen LogP contribution in [0.4, 0.5) is 13.2 Å². The van der Waals surface area contributed by atoms with Crippen LogP contribution in [0.15, 0.2) is 0 Å². The maximum atomic E-state index is 11.7. The van der Waals surface area contributed by atoms with Crippen molar-refractivity contribution in [2.75, 3.05) is 5.75 Å². The van der Waals surface area contributed by atoms with E-state index in [1.807, 2.05) is 0 Å². The Morgan fingerprint density at radius 3 is 2.07 bits per heavy atom. The molecule has 1 heterocycles. The molecule has 0 aliphatic carbocycles. The van der Waals surface area contributed by atoms with Crippen LogP contribution in [0.1, 0.15) is 0 Å². The average molecular weight is 234 g/mol. The normalized spacial score (nSPS) is 39.0. The van der Waals surface area contributed by atoms with Gasteiger partial charge < -0.3 is 20.1 Å². The van der Waals surface area contributed by atoms with Gasteiger partial charge in [0, 0.05) is 5.75 Å². The van der Waals surface area contributed by atoms with Gasteiger partial charge in [0.1, 0.15) is 12.2 Å². The fraction of sp³-hybridized carbons (Fsp3) is 1.00. The van der Waals surface area contributed by atoms with Crippen LogP contribution >= 0.6 is 11.8 Å². The summed E-state index contributed by atoms with van der Waals surface area (Å²) in [5, 5.41) is 26.9. The van der Waals surface area contributed by atoms with Crippen LogP contribution in [0, 0.1) is 0 Å². The number of aliphatic hydroxyl groups excluding tert-OH is 3. The molecule has 0 amide bonds. The highest BCUT2D eigenvalue weighted by Gasteiger charge is 2.43. The first-order valence-corrected chi connectivity index (χ1v) is 4.70. The van der Waals surface area contributed by atoms with E-state index in [2.05, 4.69) is 4.74 Å². The quantitative estimate of drug-likeness (QED) is 0.611. The topological polar surface area (TPSA) is 69.9 Å². The molecule has 0 saturated carbocycles. The summed E-state index contributed by atoms with van der Waals surface area (Å²) in [6, 6.07) is 0. The van der Waals surface area contributed by atoms with E-state index in [1.54, 1.807) is 0 Å². The molecule has 84 valence electrons. The third-order valence-corrected chi connectivity index (χ3v) is 2.57. The van der Waals surface area contributed by atoms with Gasteiger partial charge in [0.05, 0.1) is 6.10 Å². The van der Waals surface area contributed by atoms with Crippen LogP contribution < -0.4 is 0 Å². The molecule has 0 aromatic rings. The maximum absolute atomic E-state index is 11.7. The minimum atomic E-state index is -4.42. The van der Waals surface area contributed by atoms with E-state index in [1.165, 1.54) is 0 Å². The van der Waals surface area contributed by atoms with Gasteiger partial charge in [0.25, 0.3) is 0 Å². The van der Waals surface area contributed by atoms with Gasteiger partial charge in [-0.05, 0) is 11.8 Å². The molecule has 3 N–H and O–H groups in total. The molecule has 4 atom stereocenters. The van der Waals surface area contributed by atoms with E-state index in [-0.39, 0.29) is 11.8 Å². The standard InChI is InChI=1S/C6H9F3O4S/c7-6(8,9)14-1-2-3(10)4(11)5(12)13-2/h2-5,10-12H,1H2/t2-,3-,4-,5+/m1/s1. The zero-order valence-corrected chi connectivity index (χ0v) is 7.63. The van der Waals surface area contributed by atoms with Crippen LogP contribution in [0.25, 0.3) is 0 Å². The Morgan fingerprint density at radius 2 is 1.71 bits per heavy atom. The fourth-order valence-electron chi connectivity index (χ4n) is 1.04. The van der Waals surface area contributed by atoms with E-state index >= 15 is 0 Å². The Morgan fingerprint density at radius 1 is 1.14 bits per heavy atom. The summed E-state index contributed by atoms with van der Waals surface area (Å²) < 4.78 is 39.7. The number of alkyl halides is 3. The Bertz CT molecular complexity index is 200. The highest BCUT2D eigenvalue weighted by atomic mass is 32.2. The van der Waals surface area contributed by atoms with E-state index in [4.69, 9.17) is 15.3 Å². The number of rotatable bonds is 2. The zero-order chi connectivity index (χ0) is 10.9. The molecule has 1 rings (SSSR count). The Hall–Kier alpha value is -0.0200. The van der Waals surface area contributed by atoms with E-state index in [9.17, 15) is 13.2 Å². The number of aliphatic hydroxyl groups is 3. The predicted octanol–water partition coefficient (Wildman–Crippen LogP) is -0.322. The highest BCUT2D eigenvalue weighted by molar-refractivity contribution is 8.00. The Labute approximate surface area is 81.7 Å². The van der Waals surface area contributed by atoms with Gasteiger partial charge in [-0.1, -0.05) is 0 Å². The minimum absolute atomic E-state index is 0.369. The summed E-state index contributed by atoms with van der Waals surface area (Å²) in [7, 11) is 0. The molecule has 0 spiro atoms. The molecule has 0 bridgehead atoms. The molecule has 0 radical (unpaired) electrons. The van der Waals surface area contributed by atoms with Crippen molar-refractivity contribution in [2.45, 2.75) is 30.1 Å². The first-order valence-electron chi connectivity index (χ1n) is 3.71. The number of thioether (sulfide) groups is 1. The molecule has 4 nitrogen and oxygen atoms in total. The van der Waals surface area contributed by atoms with Crippen molar-refractivity contribution in [3.63, 3.8) is 0 Å². The van der Waals surface area contributed by atoms with Gasteiger partial charge in [0.15, 0.2) is 6.29 Å². The molecule has 8 heteroatoms. The van der Waals surface area contributed by atoms with Crippen molar-refractivity contribution in [2.24, 2.45) is 0 Å². The van der Waals surface area contributed by atoms with Crippen molar-refractivity contribution >= 4 is 11.8 Å². The smallest absolute Gasteiger partial charge is 0.387 e. The van der Waals surface area contributed by atoms with Crippen LogP contribution in [-0.2, 0) is 4.74 Å². The minimum Gasteiger partial charge on any atom is -0.387 e. The van der Waals surface area contributed by atoms with Gasteiger partial charge in [-0.15, -0.1) is 0 Å². The van der Waals surface area contributed by atoms with E-state index < -0.39 is 35.9 Å². The van der Waals surface area contributed by atoms with Crippen molar-refractivity contribution in [1.82, 2.24) is 0 Å². The maximum Gasteiger partial charge on any atom is 0.441 e. The second-order valence-electron chi connectivity index (χ2n) is 2.80. The van der Waals surface area contributed by atoms with Gasteiger partial charge in [-0.2, -0.15) is 13.2 Å². The Kier molecular flexibility index (Phi) is 3.64. The molecule has 0 unspecified atom stereocenters. The summed E-state index contributed by atoms with van der Waals surface area (Å²) in [6.07, 6.45) is -5.86. The molecular formula is C6H9F3O4S. The third-order valence-electron chi connectivity index (χ3n) is 1.75. The lowest BCUT2D eigenvalue weighted by Crippen LogP contribution is -2.33. The molecule has 1 fully saturated rings. The first kappa shape index (κ1) is 12.1. The van der Waals surface area contributed by atoms with Crippen LogP contribution in [-0.4, -0.2) is 51.2 Å². The summed E-state index contributed by atoms with van der Waals surface area (Å²) in [6.45, 7) is 0.